The molecule has 0 aliphatic carbocycles. The highest BCUT2D eigenvalue weighted by Crippen LogP contribution is 2.32. The topological polar surface area (TPSA) is 56.1 Å². The van der Waals surface area contributed by atoms with Crippen LogP contribution in [0.3, 0.4) is 0 Å². The van der Waals surface area contributed by atoms with Gasteiger partial charge in [0, 0.05) is 11.8 Å². The number of piperidine rings is 1. The molecule has 1 saturated heterocycles. The van der Waals surface area contributed by atoms with Gasteiger partial charge in [-0.3, -0.25) is 0 Å². The summed E-state index contributed by atoms with van der Waals surface area (Å²) >= 11 is 0. The lowest BCUT2D eigenvalue weighted by Crippen LogP contribution is -2.35. The first kappa shape index (κ1) is 19.9. The number of hydrogen-bond donors (Lipinski definition) is 0. The molecule has 0 N–H and O–H groups in total. The van der Waals surface area contributed by atoms with E-state index in [2.05, 4.69) is 33.4 Å². The maximum Gasteiger partial charge on any atom is 0.188 e. The summed E-state index contributed by atoms with van der Waals surface area (Å²) < 4.78 is 7.93. The molecule has 0 saturated carbocycles. The third kappa shape index (κ3) is 4.00. The smallest absolute Gasteiger partial charge is 0.188 e. The Balaban J connectivity index is 1.67. The second-order valence-corrected chi connectivity index (χ2v) is 7.33. The predicted molar refractivity (Wildman–Crippen MR) is 121 cm³/mol. The van der Waals surface area contributed by atoms with E-state index in [1.165, 1.54) is 12.8 Å². The summed E-state index contributed by atoms with van der Waals surface area (Å²) in [5.74, 6) is 3.91. The normalized spacial score (nSPS) is 18.0. The molecule has 0 bridgehead atoms. The molecule has 1 aliphatic rings. The largest absolute Gasteiger partial charge is 0.458 e. The van der Waals surface area contributed by atoms with Gasteiger partial charge in [0.2, 0.25) is 0 Å². The molecule has 3 heterocycles. The van der Waals surface area contributed by atoms with Gasteiger partial charge in [-0.15, -0.1) is 6.42 Å². The van der Waals surface area contributed by atoms with Crippen molar-refractivity contribution in [3.8, 4) is 29.4 Å². The van der Waals surface area contributed by atoms with Gasteiger partial charge in [0.15, 0.2) is 13.6 Å². The Bertz CT molecular complexity index is 1130. The van der Waals surface area contributed by atoms with Crippen LogP contribution >= 0.6 is 0 Å². The molecule has 6 nitrogen and oxygen atoms in total. The van der Waals surface area contributed by atoms with Gasteiger partial charge in [0.25, 0.3) is 0 Å². The van der Waals surface area contributed by atoms with E-state index in [9.17, 15) is 0 Å². The molecular formula is C23H24BN5O. The highest BCUT2D eigenvalue weighted by Gasteiger charge is 2.25. The Kier molecular flexibility index (Phi) is 5.96. The van der Waals surface area contributed by atoms with Gasteiger partial charge in [0.05, 0.1) is 11.6 Å². The average Bonchev–Trinajstić information content (AvgIpc) is 3.17. The van der Waals surface area contributed by atoms with Crippen molar-refractivity contribution in [1.29, 1.82) is 0 Å². The monoisotopic (exact) mass is 397 g/mol. The van der Waals surface area contributed by atoms with E-state index in [1.807, 2.05) is 43.5 Å². The van der Waals surface area contributed by atoms with E-state index in [0.29, 0.717) is 5.76 Å². The molecule has 7 heteroatoms. The molecule has 1 fully saturated rings. The lowest BCUT2D eigenvalue weighted by atomic mass is 10.0. The summed E-state index contributed by atoms with van der Waals surface area (Å²) in [5.41, 5.74) is 2.75. The number of benzene rings is 1. The zero-order chi connectivity index (χ0) is 20.9. The van der Waals surface area contributed by atoms with Crippen molar-refractivity contribution in [2.24, 2.45) is 0 Å². The van der Waals surface area contributed by atoms with Crippen molar-refractivity contribution in [1.82, 2.24) is 24.6 Å². The molecule has 0 spiro atoms. The highest BCUT2D eigenvalue weighted by molar-refractivity contribution is 6.04. The predicted octanol–water partition coefficient (Wildman–Crippen LogP) is 3.50. The van der Waals surface area contributed by atoms with Crippen LogP contribution in [0.2, 0.25) is 0 Å². The molecular weight excluding hydrogens is 373 g/mol. The van der Waals surface area contributed by atoms with Crippen molar-refractivity contribution in [2.75, 3.05) is 6.54 Å². The molecule has 30 heavy (non-hydrogen) atoms. The van der Waals surface area contributed by atoms with Crippen molar-refractivity contribution in [2.45, 2.75) is 32.4 Å². The number of allylic oxidation sites excluding steroid dienone is 3. The summed E-state index contributed by atoms with van der Waals surface area (Å²) in [6, 6.07) is 7.89. The third-order valence-electron chi connectivity index (χ3n) is 5.38. The molecule has 0 radical (unpaired) electrons. The van der Waals surface area contributed by atoms with Gasteiger partial charge < -0.3 is 9.55 Å². The second-order valence-electron chi connectivity index (χ2n) is 7.33. The summed E-state index contributed by atoms with van der Waals surface area (Å²) in [6.07, 6.45) is 17.7. The standard InChI is InChI=1S/C23H24BN5O/c1-3-5-8-18(4-2)30-19-12-10-17(11-13-19)22-20-15-25-16-26-23(20)29(27-22)21-9-6-7-14-28(21)24/h1,4-5,8,10-13,15-16,21H,6-7,9,14,24H2,2H3/b8-5-,18-4+/t21-/m0/s1. The first-order valence-electron chi connectivity index (χ1n) is 10.2. The minimum absolute atomic E-state index is 0.215. The molecule has 150 valence electrons. The Morgan fingerprint density at radius 3 is 2.87 bits per heavy atom. The van der Waals surface area contributed by atoms with Gasteiger partial charge in [-0.25, -0.2) is 14.6 Å². The molecule has 0 unspecified atom stereocenters. The fourth-order valence-corrected chi connectivity index (χ4v) is 3.81. The minimum Gasteiger partial charge on any atom is -0.458 e. The van der Waals surface area contributed by atoms with Crippen molar-refractivity contribution >= 4 is 19.0 Å². The highest BCUT2D eigenvalue weighted by atomic mass is 16.5. The van der Waals surface area contributed by atoms with Gasteiger partial charge in [0.1, 0.15) is 23.5 Å². The number of nitrogens with zero attached hydrogens (tertiary/aromatic N) is 5. The van der Waals surface area contributed by atoms with Crippen LogP contribution in [0.5, 0.6) is 5.75 Å². The van der Waals surface area contributed by atoms with E-state index in [0.717, 1.165) is 41.0 Å². The number of aromatic nitrogens is 4. The summed E-state index contributed by atoms with van der Waals surface area (Å²) in [4.78, 5) is 11.1. The van der Waals surface area contributed by atoms with Gasteiger partial charge in [-0.05, 0) is 75.2 Å². The maximum atomic E-state index is 5.88. The second kappa shape index (κ2) is 8.97. The van der Waals surface area contributed by atoms with Crippen LogP contribution < -0.4 is 4.74 Å². The summed E-state index contributed by atoms with van der Waals surface area (Å²) in [5, 5.41) is 5.92. The number of hydrogen-bond acceptors (Lipinski definition) is 5. The van der Waals surface area contributed by atoms with Crippen LogP contribution in [0.1, 0.15) is 32.4 Å². The zero-order valence-electron chi connectivity index (χ0n) is 17.3. The number of rotatable bonds is 5. The summed E-state index contributed by atoms with van der Waals surface area (Å²) in [7, 11) is 2.15. The number of fused-ring (bicyclic) bond motifs is 1. The van der Waals surface area contributed by atoms with E-state index in [1.54, 1.807) is 18.5 Å². The third-order valence-corrected chi connectivity index (χ3v) is 5.38. The first-order chi connectivity index (χ1) is 14.7. The zero-order valence-corrected chi connectivity index (χ0v) is 17.3. The molecule has 1 atom stereocenters. The van der Waals surface area contributed by atoms with Crippen LogP contribution in [0, 0.1) is 12.3 Å². The Morgan fingerprint density at radius 2 is 2.13 bits per heavy atom. The number of ether oxygens (including phenoxy) is 1. The average molecular weight is 397 g/mol. The molecule has 2 aromatic heterocycles. The van der Waals surface area contributed by atoms with E-state index < -0.39 is 0 Å². The van der Waals surface area contributed by atoms with Crippen molar-refractivity contribution < 1.29 is 4.74 Å². The maximum absolute atomic E-state index is 5.88. The van der Waals surface area contributed by atoms with Crippen LogP contribution in [0.25, 0.3) is 22.3 Å². The van der Waals surface area contributed by atoms with Crippen LogP contribution in [0.4, 0.5) is 0 Å². The minimum atomic E-state index is 0.215. The molecule has 1 aliphatic heterocycles. The number of terminal acetylenes is 1. The lowest BCUT2D eigenvalue weighted by molar-refractivity contribution is 0.184. The van der Waals surface area contributed by atoms with E-state index >= 15 is 0 Å². The van der Waals surface area contributed by atoms with Crippen LogP contribution in [-0.2, 0) is 0 Å². The summed E-state index contributed by atoms with van der Waals surface area (Å²) in [6.45, 7) is 2.98. The Morgan fingerprint density at radius 1 is 1.30 bits per heavy atom. The molecule has 1 aromatic carbocycles. The fraction of sp³-hybridized carbons (Fsp3) is 0.261. The molecule has 3 aromatic rings. The van der Waals surface area contributed by atoms with Crippen molar-refractivity contribution in [3.63, 3.8) is 0 Å². The quantitative estimate of drug-likeness (QED) is 0.286. The Labute approximate surface area is 177 Å². The van der Waals surface area contributed by atoms with Gasteiger partial charge in [-0.2, -0.15) is 5.10 Å². The SMILES string of the molecule is BN1CCCC[C@@H]1n1nc(-c2ccc(OC(/C=C\C#C)=C/C)cc2)c2cncnc21. The van der Waals surface area contributed by atoms with Crippen molar-refractivity contribution in [3.05, 3.63) is 60.8 Å². The van der Waals surface area contributed by atoms with E-state index in [4.69, 9.17) is 16.3 Å². The van der Waals surface area contributed by atoms with E-state index in [-0.39, 0.29) is 6.17 Å². The Hall–Kier alpha value is -3.37. The lowest BCUT2D eigenvalue weighted by Gasteiger charge is -2.33. The molecule has 0 amide bonds. The van der Waals surface area contributed by atoms with Gasteiger partial charge >= 0.3 is 0 Å². The van der Waals surface area contributed by atoms with Gasteiger partial charge in [-0.1, -0.05) is 5.92 Å². The molecule has 4 rings (SSSR count). The van der Waals surface area contributed by atoms with Crippen LogP contribution in [-0.4, -0.2) is 39.1 Å². The fourth-order valence-electron chi connectivity index (χ4n) is 3.81. The first-order valence-corrected chi connectivity index (χ1v) is 10.2. The van der Waals surface area contributed by atoms with Crippen LogP contribution in [0.15, 0.2) is 60.8 Å².